The summed E-state index contributed by atoms with van der Waals surface area (Å²) in [5.74, 6) is 0.218. The van der Waals surface area contributed by atoms with Crippen LogP contribution in [0.2, 0.25) is 0 Å². The van der Waals surface area contributed by atoms with Crippen molar-refractivity contribution in [1.29, 1.82) is 0 Å². The van der Waals surface area contributed by atoms with Crippen molar-refractivity contribution in [2.75, 3.05) is 5.73 Å². The van der Waals surface area contributed by atoms with E-state index in [9.17, 15) is 4.79 Å². The molecule has 0 fully saturated rings. The lowest BCUT2D eigenvalue weighted by atomic mass is 10.5. The van der Waals surface area contributed by atoms with Crippen LogP contribution in [-0.2, 0) is 11.3 Å². The Morgan fingerprint density at radius 2 is 2.50 bits per heavy atom. The van der Waals surface area contributed by atoms with Crippen LogP contribution in [0.1, 0.15) is 0 Å². The lowest BCUT2D eigenvalue weighted by Gasteiger charge is -1.98. The summed E-state index contributed by atoms with van der Waals surface area (Å²) in [4.78, 5) is 21.0. The highest BCUT2D eigenvalue weighted by Crippen LogP contribution is 2.11. The van der Waals surface area contributed by atoms with Crippen LogP contribution in [0.5, 0.6) is 0 Å². The zero-order valence-electron chi connectivity index (χ0n) is 7.10. The summed E-state index contributed by atoms with van der Waals surface area (Å²) in [6, 6.07) is 0. The van der Waals surface area contributed by atoms with Gasteiger partial charge in [-0.1, -0.05) is 12.2 Å². The first kappa shape index (κ1) is 8.82. The first-order chi connectivity index (χ1) is 6.72. The largest absolute Gasteiger partial charge is 0.369 e. The molecule has 2 rings (SSSR count). The number of nitrogen functional groups attached to an aromatic ring is 1. The number of hydrogen-bond donors (Lipinski definition) is 2. The molecule has 0 atom stereocenters. The lowest BCUT2D eigenvalue weighted by Crippen LogP contribution is -2.01. The number of aromatic amines is 1. The minimum Gasteiger partial charge on any atom is -0.369 e. The second-order valence-corrected chi connectivity index (χ2v) is 3.07. The van der Waals surface area contributed by atoms with Crippen molar-refractivity contribution in [3.05, 3.63) is 11.0 Å². The van der Waals surface area contributed by atoms with Crippen molar-refractivity contribution in [1.82, 2.24) is 19.5 Å². The van der Waals surface area contributed by atoms with E-state index in [0.29, 0.717) is 15.8 Å². The molecule has 0 saturated carbocycles. The van der Waals surface area contributed by atoms with Gasteiger partial charge < -0.3 is 20.1 Å². The van der Waals surface area contributed by atoms with Crippen molar-refractivity contribution >= 4 is 35.6 Å². The van der Waals surface area contributed by atoms with Gasteiger partial charge in [0.2, 0.25) is 0 Å². The van der Waals surface area contributed by atoms with Crippen molar-refractivity contribution < 1.29 is 4.79 Å². The van der Waals surface area contributed by atoms with Crippen LogP contribution in [0.3, 0.4) is 0 Å². The zero-order chi connectivity index (χ0) is 10.1. The van der Waals surface area contributed by atoms with Crippen LogP contribution >= 0.6 is 12.2 Å². The van der Waals surface area contributed by atoms with E-state index in [1.54, 1.807) is 4.57 Å². The maximum Gasteiger partial charge on any atom is 0.200 e. The Morgan fingerprint density at radius 3 is 3.21 bits per heavy atom. The van der Waals surface area contributed by atoms with Gasteiger partial charge in [-0.15, -0.1) is 0 Å². The third-order valence-corrected chi connectivity index (χ3v) is 2.06. The first-order valence-electron chi connectivity index (χ1n) is 3.86. The van der Waals surface area contributed by atoms with E-state index < -0.39 is 0 Å². The van der Waals surface area contributed by atoms with Gasteiger partial charge in [-0.2, -0.15) is 0 Å². The summed E-state index contributed by atoms with van der Waals surface area (Å²) in [5, 5.41) is 0. The highest BCUT2D eigenvalue weighted by atomic mass is 32.1. The van der Waals surface area contributed by atoms with Gasteiger partial charge in [0, 0.05) is 0 Å². The average molecular weight is 209 g/mol. The van der Waals surface area contributed by atoms with Crippen LogP contribution in [-0.4, -0.2) is 25.8 Å². The standard InChI is InChI=1S/C7H7N5OS/c8-7-10-5-4(6(14)11-7)9-3-12(5)1-2-13/h2-3H,1H2,(H3,8,10,11,14). The first-order valence-corrected chi connectivity index (χ1v) is 4.27. The summed E-state index contributed by atoms with van der Waals surface area (Å²) in [6.45, 7) is 0.214. The van der Waals surface area contributed by atoms with Gasteiger partial charge in [0.05, 0.1) is 12.9 Å². The number of aromatic nitrogens is 4. The predicted molar refractivity (Wildman–Crippen MR) is 53.2 cm³/mol. The maximum atomic E-state index is 10.4. The maximum absolute atomic E-state index is 10.4. The molecule has 2 heterocycles. The summed E-state index contributed by atoms with van der Waals surface area (Å²) in [5.41, 5.74) is 6.66. The van der Waals surface area contributed by atoms with Gasteiger partial charge in [-0.3, -0.25) is 0 Å². The normalized spacial score (nSPS) is 10.6. The molecule has 2 aromatic heterocycles. The van der Waals surface area contributed by atoms with Gasteiger partial charge in [0.15, 0.2) is 10.6 Å². The fourth-order valence-electron chi connectivity index (χ4n) is 1.20. The number of carbonyl (C=O) groups excluding carboxylic acids is 1. The van der Waals surface area contributed by atoms with E-state index in [0.717, 1.165) is 6.29 Å². The number of nitrogens with zero attached hydrogens (tertiary/aromatic N) is 3. The molecule has 0 aromatic carbocycles. The Labute approximate surface area is 83.8 Å². The number of aldehydes is 1. The molecule has 72 valence electrons. The molecule has 2 aromatic rings. The van der Waals surface area contributed by atoms with Crippen molar-refractivity contribution in [3.8, 4) is 0 Å². The number of imidazole rings is 1. The second-order valence-electron chi connectivity index (χ2n) is 2.69. The third-order valence-electron chi connectivity index (χ3n) is 1.78. The Bertz CT molecular complexity index is 542. The van der Waals surface area contributed by atoms with Gasteiger partial charge in [-0.05, 0) is 0 Å². The molecule has 0 aliphatic rings. The second kappa shape index (κ2) is 3.18. The molecule has 14 heavy (non-hydrogen) atoms. The molecule has 0 amide bonds. The molecule has 6 nitrogen and oxygen atoms in total. The zero-order valence-corrected chi connectivity index (χ0v) is 7.91. The summed E-state index contributed by atoms with van der Waals surface area (Å²) in [6.07, 6.45) is 2.29. The number of H-pyrrole nitrogens is 1. The molecule has 0 aliphatic carbocycles. The molecule has 7 heteroatoms. The minimum atomic E-state index is 0.214. The molecule has 0 aliphatic heterocycles. The number of hydrogen-bond acceptors (Lipinski definition) is 5. The van der Waals surface area contributed by atoms with Gasteiger partial charge >= 0.3 is 0 Å². The Hall–Kier alpha value is -1.76. The molecule has 0 bridgehead atoms. The summed E-state index contributed by atoms with van der Waals surface area (Å²) in [7, 11) is 0. The minimum absolute atomic E-state index is 0.214. The number of fused-ring (bicyclic) bond motifs is 1. The number of rotatable bonds is 2. The van der Waals surface area contributed by atoms with Crippen LogP contribution < -0.4 is 5.73 Å². The smallest absolute Gasteiger partial charge is 0.200 e. The molecule has 3 N–H and O–H groups in total. The van der Waals surface area contributed by atoms with Gasteiger partial charge in [0.1, 0.15) is 17.5 Å². The van der Waals surface area contributed by atoms with Crippen LogP contribution in [0, 0.1) is 4.64 Å². The number of nitrogens with two attached hydrogens (primary N) is 1. The van der Waals surface area contributed by atoms with Gasteiger partial charge in [-0.25, -0.2) is 9.97 Å². The van der Waals surface area contributed by atoms with E-state index >= 15 is 0 Å². The van der Waals surface area contributed by atoms with Crippen molar-refractivity contribution in [2.24, 2.45) is 0 Å². The highest BCUT2D eigenvalue weighted by Gasteiger charge is 2.05. The lowest BCUT2D eigenvalue weighted by molar-refractivity contribution is -0.108. The fourth-order valence-corrected chi connectivity index (χ4v) is 1.45. The monoisotopic (exact) mass is 209 g/mol. The van der Waals surface area contributed by atoms with E-state index in [4.69, 9.17) is 18.0 Å². The summed E-state index contributed by atoms with van der Waals surface area (Å²) >= 11 is 4.96. The van der Waals surface area contributed by atoms with Crippen LogP contribution in [0.4, 0.5) is 5.95 Å². The molecule has 0 spiro atoms. The SMILES string of the molecule is Nc1nc(=S)c2ncn(CC=O)c2[nH]1. The quantitative estimate of drug-likeness (QED) is 0.547. The molecule has 0 unspecified atom stereocenters. The number of anilines is 1. The number of nitrogens with one attached hydrogen (secondary N) is 1. The number of carbonyl (C=O) groups is 1. The fraction of sp³-hybridized carbons (Fsp3) is 0.143. The topological polar surface area (TPSA) is 89.6 Å². The van der Waals surface area contributed by atoms with Crippen molar-refractivity contribution in [2.45, 2.75) is 6.54 Å². The highest BCUT2D eigenvalue weighted by molar-refractivity contribution is 7.71. The molecular weight excluding hydrogens is 202 g/mol. The third kappa shape index (κ3) is 1.27. The van der Waals surface area contributed by atoms with Crippen LogP contribution in [0.25, 0.3) is 11.2 Å². The van der Waals surface area contributed by atoms with Gasteiger partial charge in [0.25, 0.3) is 0 Å². The summed E-state index contributed by atoms with van der Waals surface area (Å²) < 4.78 is 1.96. The van der Waals surface area contributed by atoms with E-state index in [2.05, 4.69) is 15.0 Å². The Kier molecular flexibility index (Phi) is 2.01. The van der Waals surface area contributed by atoms with E-state index in [1.165, 1.54) is 6.33 Å². The molecule has 0 saturated heterocycles. The average Bonchev–Trinajstić information content (AvgIpc) is 2.49. The Morgan fingerprint density at radius 1 is 1.71 bits per heavy atom. The predicted octanol–water partition coefficient (Wildman–Crippen LogP) is 0.270. The molecular formula is C7H7N5OS. The Balaban J connectivity index is 2.78. The van der Waals surface area contributed by atoms with Crippen LogP contribution in [0.15, 0.2) is 6.33 Å². The van der Waals surface area contributed by atoms with Crippen molar-refractivity contribution in [3.63, 3.8) is 0 Å². The van der Waals surface area contributed by atoms with E-state index in [1.807, 2.05) is 0 Å². The molecule has 0 radical (unpaired) electrons. The van der Waals surface area contributed by atoms with E-state index in [-0.39, 0.29) is 12.5 Å².